The lowest BCUT2D eigenvalue weighted by Gasteiger charge is -2.14. The van der Waals surface area contributed by atoms with Gasteiger partial charge in [-0.25, -0.2) is 9.59 Å². The normalized spacial score (nSPS) is 15.2. The molecule has 1 saturated heterocycles. The summed E-state index contributed by atoms with van der Waals surface area (Å²) in [4.78, 5) is 39.5. The molecule has 1 atom stereocenters. The van der Waals surface area contributed by atoms with E-state index in [1.807, 2.05) is 0 Å². The van der Waals surface area contributed by atoms with E-state index < -0.39 is 24.1 Å². The summed E-state index contributed by atoms with van der Waals surface area (Å²) in [6.45, 7) is 0.529. The number of nitrogens with one attached hydrogen (secondary N) is 3. The average molecular weight is 445 g/mol. The number of H-pyrrole nitrogens is 1. The molecule has 1 fully saturated rings. The van der Waals surface area contributed by atoms with Crippen molar-refractivity contribution in [2.45, 2.75) is 19.1 Å². The molecule has 170 valence electrons. The second-order valence-corrected chi connectivity index (χ2v) is 6.93. The summed E-state index contributed by atoms with van der Waals surface area (Å²) in [6, 6.07) is 7.08. The van der Waals surface area contributed by atoms with Crippen LogP contribution >= 0.6 is 0 Å². The Balaban J connectivity index is 1.61. The van der Waals surface area contributed by atoms with E-state index in [1.54, 1.807) is 24.3 Å². The number of carbonyl (C=O) groups excluding carboxylic acids is 2. The molecule has 2 aromatic rings. The minimum Gasteiger partial charge on any atom is -0.487 e. The van der Waals surface area contributed by atoms with E-state index in [4.69, 9.17) is 20.6 Å². The third kappa shape index (κ3) is 5.28. The Kier molecular flexibility index (Phi) is 6.83. The number of ether oxygens (including phenoxy) is 3. The number of benzene rings is 1. The van der Waals surface area contributed by atoms with Crippen molar-refractivity contribution in [3.05, 3.63) is 47.3 Å². The number of carboxylic acid groups (broad SMARTS) is 1. The zero-order valence-electron chi connectivity index (χ0n) is 17.2. The fraction of sp³-hybridized carbons (Fsp3) is 0.300. The van der Waals surface area contributed by atoms with Gasteiger partial charge >= 0.3 is 18.0 Å². The first-order valence-electron chi connectivity index (χ1n) is 9.56. The second kappa shape index (κ2) is 9.73. The zero-order valence-corrected chi connectivity index (χ0v) is 17.2. The molecular formula is C20H23N5O7. The predicted octanol–water partition coefficient (Wildman–Crippen LogP) is 0.816. The minimum absolute atomic E-state index is 0.0354. The molecule has 1 unspecified atom stereocenters. The molecule has 0 aliphatic carbocycles. The number of nitrogens with zero attached hydrogens (tertiary/aromatic N) is 1. The van der Waals surface area contributed by atoms with Crippen molar-refractivity contribution in [2.75, 3.05) is 25.2 Å². The van der Waals surface area contributed by atoms with E-state index in [1.165, 1.54) is 18.2 Å². The van der Waals surface area contributed by atoms with Crippen LogP contribution in [0, 0.1) is 5.41 Å². The highest BCUT2D eigenvalue weighted by molar-refractivity contribution is 5.94. The first-order valence-corrected chi connectivity index (χ1v) is 9.56. The molecule has 0 radical (unpaired) electrons. The Morgan fingerprint density at radius 1 is 1.38 bits per heavy atom. The Morgan fingerprint density at radius 2 is 2.09 bits per heavy atom. The molecule has 1 aliphatic heterocycles. The molecule has 1 aliphatic rings. The van der Waals surface area contributed by atoms with E-state index in [0.29, 0.717) is 12.2 Å². The van der Waals surface area contributed by atoms with Crippen molar-refractivity contribution in [3.63, 3.8) is 0 Å². The summed E-state index contributed by atoms with van der Waals surface area (Å²) in [6.07, 6.45) is -0.0790. The SMILES string of the molecule is COC(=O)Cc1[nH]cc(OCC2CN(c3ccc(CNC(=N)N)cc3)C(=O)O2)c1C(=O)O. The van der Waals surface area contributed by atoms with Crippen LogP contribution in [0.1, 0.15) is 21.6 Å². The van der Waals surface area contributed by atoms with Crippen molar-refractivity contribution < 1.29 is 33.7 Å². The highest BCUT2D eigenvalue weighted by atomic mass is 16.6. The van der Waals surface area contributed by atoms with Gasteiger partial charge in [0.2, 0.25) is 0 Å². The van der Waals surface area contributed by atoms with Crippen LogP contribution in [0.15, 0.2) is 30.5 Å². The van der Waals surface area contributed by atoms with Gasteiger partial charge in [-0.1, -0.05) is 12.1 Å². The number of amides is 1. The Bertz CT molecular complexity index is 1020. The maximum absolute atomic E-state index is 12.3. The standard InChI is InChI=1S/C20H23N5O7/c1-30-16(26)6-14-17(18(27)28)15(8-23-14)31-10-13-9-25(20(29)32-13)12-4-2-11(3-5-12)7-24-19(21)22/h2-5,8,13,23H,6-7,9-10H2,1H3,(H,27,28)(H4,21,22,24). The maximum Gasteiger partial charge on any atom is 0.414 e. The van der Waals surface area contributed by atoms with E-state index in [-0.39, 0.29) is 42.5 Å². The first-order chi connectivity index (χ1) is 15.3. The van der Waals surface area contributed by atoms with Gasteiger partial charge < -0.3 is 35.4 Å². The number of carboxylic acids is 1. The Morgan fingerprint density at radius 3 is 2.72 bits per heavy atom. The van der Waals surface area contributed by atoms with Crippen LogP contribution < -0.4 is 20.7 Å². The number of hydrogen-bond donors (Lipinski definition) is 5. The van der Waals surface area contributed by atoms with E-state index >= 15 is 0 Å². The van der Waals surface area contributed by atoms with Gasteiger partial charge in [-0.15, -0.1) is 0 Å². The average Bonchev–Trinajstić information content (AvgIpc) is 3.33. The number of hydrogen-bond acceptors (Lipinski definition) is 7. The van der Waals surface area contributed by atoms with Gasteiger partial charge in [0.05, 0.1) is 20.1 Å². The molecule has 0 spiro atoms. The lowest BCUT2D eigenvalue weighted by molar-refractivity contribution is -0.139. The van der Waals surface area contributed by atoms with Crippen LogP contribution in [0.3, 0.4) is 0 Å². The lowest BCUT2D eigenvalue weighted by Crippen LogP contribution is -2.29. The number of aromatic carboxylic acids is 1. The van der Waals surface area contributed by atoms with Crippen LogP contribution in [0.4, 0.5) is 10.5 Å². The molecule has 0 saturated carbocycles. The summed E-state index contributed by atoms with van der Waals surface area (Å²) in [5, 5.41) is 19.3. The van der Waals surface area contributed by atoms with Crippen LogP contribution in [0.5, 0.6) is 5.75 Å². The van der Waals surface area contributed by atoms with Crippen molar-refractivity contribution in [3.8, 4) is 5.75 Å². The highest BCUT2D eigenvalue weighted by Crippen LogP contribution is 2.26. The smallest absolute Gasteiger partial charge is 0.414 e. The third-order valence-corrected chi connectivity index (χ3v) is 4.72. The zero-order chi connectivity index (χ0) is 23.3. The van der Waals surface area contributed by atoms with Crippen molar-refractivity contribution in [1.29, 1.82) is 5.41 Å². The van der Waals surface area contributed by atoms with E-state index in [2.05, 4.69) is 15.0 Å². The number of aromatic amines is 1. The summed E-state index contributed by atoms with van der Waals surface area (Å²) < 4.78 is 15.5. The monoisotopic (exact) mass is 445 g/mol. The van der Waals surface area contributed by atoms with E-state index in [9.17, 15) is 19.5 Å². The molecule has 2 heterocycles. The summed E-state index contributed by atoms with van der Waals surface area (Å²) in [5.74, 6) is -1.95. The number of cyclic esters (lactones) is 1. The lowest BCUT2D eigenvalue weighted by atomic mass is 10.2. The molecule has 1 amide bonds. The molecule has 3 rings (SSSR count). The number of nitrogens with two attached hydrogens (primary N) is 1. The van der Waals surface area contributed by atoms with Gasteiger partial charge in [0, 0.05) is 24.1 Å². The predicted molar refractivity (Wildman–Crippen MR) is 112 cm³/mol. The van der Waals surface area contributed by atoms with Crippen LogP contribution in [0.2, 0.25) is 0 Å². The number of anilines is 1. The van der Waals surface area contributed by atoms with Crippen molar-refractivity contribution in [2.24, 2.45) is 5.73 Å². The largest absolute Gasteiger partial charge is 0.487 e. The molecule has 12 heteroatoms. The summed E-state index contributed by atoms with van der Waals surface area (Å²) >= 11 is 0. The summed E-state index contributed by atoms with van der Waals surface area (Å²) in [5.41, 5.74) is 6.75. The highest BCUT2D eigenvalue weighted by Gasteiger charge is 2.33. The van der Waals surface area contributed by atoms with Gasteiger partial charge in [-0.2, -0.15) is 0 Å². The number of methoxy groups -OCH3 is 1. The quantitative estimate of drug-likeness (QED) is 0.212. The van der Waals surface area contributed by atoms with Crippen LogP contribution in [-0.4, -0.2) is 60.4 Å². The van der Waals surface area contributed by atoms with Gasteiger partial charge in [0.1, 0.15) is 12.2 Å². The fourth-order valence-electron chi connectivity index (χ4n) is 3.14. The Labute approximate surface area is 182 Å². The third-order valence-electron chi connectivity index (χ3n) is 4.72. The molecule has 0 bridgehead atoms. The number of rotatable bonds is 9. The van der Waals surface area contributed by atoms with Gasteiger partial charge in [0.25, 0.3) is 0 Å². The fourth-order valence-corrected chi connectivity index (χ4v) is 3.14. The molecule has 32 heavy (non-hydrogen) atoms. The van der Waals surface area contributed by atoms with Crippen LogP contribution in [-0.2, 0) is 27.2 Å². The van der Waals surface area contributed by atoms with Crippen molar-refractivity contribution >= 4 is 29.7 Å². The molecule has 1 aromatic heterocycles. The number of aromatic nitrogens is 1. The van der Waals surface area contributed by atoms with Crippen LogP contribution in [0.25, 0.3) is 0 Å². The first kappa shape index (κ1) is 22.5. The molecule has 6 N–H and O–H groups in total. The maximum atomic E-state index is 12.3. The van der Waals surface area contributed by atoms with Crippen molar-refractivity contribution in [1.82, 2.24) is 10.3 Å². The van der Waals surface area contributed by atoms with E-state index in [0.717, 1.165) is 5.56 Å². The molecule has 1 aromatic carbocycles. The number of guanidine groups is 1. The topological polar surface area (TPSA) is 180 Å². The number of esters is 1. The van der Waals surface area contributed by atoms with Gasteiger partial charge in [-0.3, -0.25) is 15.1 Å². The molecular weight excluding hydrogens is 422 g/mol. The minimum atomic E-state index is -1.26. The summed E-state index contributed by atoms with van der Waals surface area (Å²) in [7, 11) is 1.21. The van der Waals surface area contributed by atoms with Gasteiger partial charge in [0.15, 0.2) is 17.8 Å². The number of carbonyl (C=O) groups is 3. The van der Waals surface area contributed by atoms with Gasteiger partial charge in [-0.05, 0) is 17.7 Å². The Hall–Kier alpha value is -4.22. The molecule has 12 nitrogen and oxygen atoms in total. The second-order valence-electron chi connectivity index (χ2n) is 6.93.